The van der Waals surface area contributed by atoms with Crippen molar-refractivity contribution in [3.8, 4) is 33.6 Å². The monoisotopic (exact) mass is 477 g/mol. The molecular formula is C29H27N5O2. The summed E-state index contributed by atoms with van der Waals surface area (Å²) in [5, 5.41) is 1.03. The highest BCUT2D eigenvalue weighted by Gasteiger charge is 2.13. The number of aryl methyl sites for hydroxylation is 1. The van der Waals surface area contributed by atoms with Gasteiger partial charge in [0.15, 0.2) is 0 Å². The van der Waals surface area contributed by atoms with Crippen molar-refractivity contribution >= 4 is 17.0 Å². The van der Waals surface area contributed by atoms with E-state index in [9.17, 15) is 4.79 Å². The van der Waals surface area contributed by atoms with Gasteiger partial charge in [0.2, 0.25) is 0 Å². The van der Waals surface area contributed by atoms with Crippen molar-refractivity contribution in [1.29, 1.82) is 0 Å². The molecule has 36 heavy (non-hydrogen) atoms. The molecule has 0 saturated carbocycles. The van der Waals surface area contributed by atoms with E-state index in [2.05, 4.69) is 45.3 Å². The lowest BCUT2D eigenvalue weighted by atomic mass is 9.98. The minimum atomic E-state index is -0.251. The zero-order valence-corrected chi connectivity index (χ0v) is 20.5. The highest BCUT2D eigenvalue weighted by atomic mass is 16.5. The van der Waals surface area contributed by atoms with E-state index in [1.165, 1.54) is 7.11 Å². The number of esters is 1. The van der Waals surface area contributed by atoms with Gasteiger partial charge in [-0.05, 0) is 67.1 Å². The Labute approximate surface area is 209 Å². The number of pyridine rings is 3. The Bertz CT molecular complexity index is 1540. The third-order valence-electron chi connectivity index (χ3n) is 6.07. The lowest BCUT2D eigenvalue weighted by molar-refractivity contribution is -0.141. The predicted octanol–water partition coefficient (Wildman–Crippen LogP) is 5.27. The van der Waals surface area contributed by atoms with Crippen molar-refractivity contribution in [1.82, 2.24) is 24.8 Å². The molecule has 0 fully saturated rings. The van der Waals surface area contributed by atoms with Crippen LogP contribution in [0.4, 0.5) is 0 Å². The standard InChI is InChI=1S/C29H27N5O2/c1-19-6-4-9-26(32-19)27-14-25(24-10-11-31-29(24)33-27)23-13-22(15-30-16-23)21-8-5-7-20(12-21)17-34(2)18-28(35)36-3/h4-16H,17-18H2,1-3H3,(H,31,33). The largest absolute Gasteiger partial charge is 0.468 e. The van der Waals surface area contributed by atoms with E-state index in [0.29, 0.717) is 6.54 Å². The van der Waals surface area contributed by atoms with Gasteiger partial charge in [0.05, 0.1) is 25.0 Å². The topological polar surface area (TPSA) is 84.0 Å². The molecule has 5 rings (SSSR count). The maximum Gasteiger partial charge on any atom is 0.319 e. The number of benzene rings is 1. The van der Waals surface area contributed by atoms with Crippen LogP contribution in [-0.4, -0.2) is 51.5 Å². The second-order valence-corrected chi connectivity index (χ2v) is 8.87. The normalized spacial score (nSPS) is 11.2. The van der Waals surface area contributed by atoms with E-state index in [-0.39, 0.29) is 12.5 Å². The van der Waals surface area contributed by atoms with Gasteiger partial charge in [0.25, 0.3) is 0 Å². The zero-order chi connectivity index (χ0) is 25.1. The van der Waals surface area contributed by atoms with Crippen LogP contribution in [0, 0.1) is 6.92 Å². The number of aromatic amines is 1. The van der Waals surface area contributed by atoms with Gasteiger partial charge in [-0.15, -0.1) is 0 Å². The Hall–Kier alpha value is -4.36. The fourth-order valence-electron chi connectivity index (χ4n) is 4.34. The summed E-state index contributed by atoms with van der Waals surface area (Å²) in [6, 6.07) is 20.5. The molecule has 0 atom stereocenters. The first-order valence-corrected chi connectivity index (χ1v) is 11.7. The molecule has 0 aliphatic carbocycles. The van der Waals surface area contributed by atoms with Gasteiger partial charge in [-0.1, -0.05) is 24.3 Å². The molecule has 0 radical (unpaired) electrons. The van der Waals surface area contributed by atoms with Crippen LogP contribution in [0.3, 0.4) is 0 Å². The molecule has 1 N–H and O–H groups in total. The minimum absolute atomic E-state index is 0.241. The quantitative estimate of drug-likeness (QED) is 0.322. The Balaban J connectivity index is 1.50. The third kappa shape index (κ3) is 5.01. The van der Waals surface area contributed by atoms with Crippen molar-refractivity contribution in [2.24, 2.45) is 0 Å². The van der Waals surface area contributed by atoms with E-state index in [1.54, 1.807) is 0 Å². The molecule has 0 unspecified atom stereocenters. The van der Waals surface area contributed by atoms with Gasteiger partial charge < -0.3 is 9.72 Å². The number of aromatic nitrogens is 4. The molecule has 0 aliphatic rings. The van der Waals surface area contributed by atoms with Crippen LogP contribution in [0.1, 0.15) is 11.3 Å². The highest BCUT2D eigenvalue weighted by molar-refractivity contribution is 5.95. The molecule has 0 spiro atoms. The molecule has 180 valence electrons. The number of methoxy groups -OCH3 is 1. The first kappa shape index (κ1) is 23.4. The Kier molecular flexibility index (Phi) is 6.56. The lowest BCUT2D eigenvalue weighted by Gasteiger charge is -2.16. The summed E-state index contributed by atoms with van der Waals surface area (Å²) in [7, 11) is 3.30. The highest BCUT2D eigenvalue weighted by Crippen LogP contribution is 2.33. The summed E-state index contributed by atoms with van der Waals surface area (Å²) >= 11 is 0. The van der Waals surface area contributed by atoms with E-state index in [0.717, 1.165) is 55.9 Å². The van der Waals surface area contributed by atoms with Crippen LogP contribution in [0.25, 0.3) is 44.7 Å². The summed E-state index contributed by atoms with van der Waals surface area (Å²) in [5.74, 6) is -0.251. The average molecular weight is 478 g/mol. The summed E-state index contributed by atoms with van der Waals surface area (Å²) < 4.78 is 4.77. The molecule has 0 bridgehead atoms. The van der Waals surface area contributed by atoms with E-state index in [4.69, 9.17) is 9.72 Å². The van der Waals surface area contributed by atoms with Gasteiger partial charge >= 0.3 is 5.97 Å². The number of nitrogens with zero attached hydrogens (tertiary/aromatic N) is 4. The van der Waals surface area contributed by atoms with Crippen molar-refractivity contribution in [3.63, 3.8) is 0 Å². The Morgan fingerprint density at radius 3 is 2.61 bits per heavy atom. The van der Waals surface area contributed by atoms with Crippen molar-refractivity contribution in [2.45, 2.75) is 13.5 Å². The van der Waals surface area contributed by atoms with E-state index < -0.39 is 0 Å². The number of carbonyl (C=O) groups excluding carboxylic acids is 1. The Morgan fingerprint density at radius 2 is 1.78 bits per heavy atom. The molecule has 1 aromatic carbocycles. The Morgan fingerprint density at radius 1 is 0.944 bits per heavy atom. The number of H-pyrrole nitrogens is 1. The summed E-state index contributed by atoms with van der Waals surface area (Å²) in [6.07, 6.45) is 5.66. The number of carbonyl (C=O) groups is 1. The number of rotatable bonds is 7. The van der Waals surface area contributed by atoms with Crippen LogP contribution >= 0.6 is 0 Å². The fourth-order valence-corrected chi connectivity index (χ4v) is 4.34. The molecule has 0 aliphatic heterocycles. The van der Waals surface area contributed by atoms with Gasteiger partial charge in [-0.25, -0.2) is 4.98 Å². The van der Waals surface area contributed by atoms with Crippen LogP contribution in [-0.2, 0) is 16.1 Å². The van der Waals surface area contributed by atoms with Crippen molar-refractivity contribution in [3.05, 3.63) is 90.5 Å². The number of ether oxygens (including phenoxy) is 1. The van der Waals surface area contributed by atoms with Crippen LogP contribution in [0.5, 0.6) is 0 Å². The SMILES string of the molecule is COC(=O)CN(C)Cc1cccc(-c2cncc(-c3cc(-c4cccc(C)n4)nc4[nH]ccc34)c2)c1. The summed E-state index contributed by atoms with van der Waals surface area (Å²) in [5.41, 5.74) is 8.63. The molecule has 7 nitrogen and oxygen atoms in total. The molecule has 4 aromatic heterocycles. The van der Waals surface area contributed by atoms with Crippen LogP contribution < -0.4 is 0 Å². The molecule has 0 saturated heterocycles. The predicted molar refractivity (Wildman–Crippen MR) is 141 cm³/mol. The van der Waals surface area contributed by atoms with E-state index in [1.807, 2.05) is 67.8 Å². The lowest BCUT2D eigenvalue weighted by Crippen LogP contribution is -2.26. The number of fused-ring (bicyclic) bond motifs is 1. The zero-order valence-electron chi connectivity index (χ0n) is 20.5. The maximum absolute atomic E-state index is 11.6. The van der Waals surface area contributed by atoms with Crippen molar-refractivity contribution < 1.29 is 9.53 Å². The maximum atomic E-state index is 11.6. The van der Waals surface area contributed by atoms with Gasteiger partial charge in [-0.3, -0.25) is 19.7 Å². The summed E-state index contributed by atoms with van der Waals surface area (Å²) in [4.78, 5) is 30.8. The average Bonchev–Trinajstić information content (AvgIpc) is 3.37. The number of likely N-dealkylation sites (N-methyl/N-ethyl adjacent to an activating group) is 1. The van der Waals surface area contributed by atoms with E-state index >= 15 is 0 Å². The molecule has 5 aromatic rings. The van der Waals surface area contributed by atoms with Crippen LogP contribution in [0.15, 0.2) is 79.3 Å². The number of hydrogen-bond donors (Lipinski definition) is 1. The molecular weight excluding hydrogens is 450 g/mol. The summed E-state index contributed by atoms with van der Waals surface area (Å²) in [6.45, 7) is 2.86. The third-order valence-corrected chi connectivity index (χ3v) is 6.07. The van der Waals surface area contributed by atoms with Gasteiger partial charge in [-0.2, -0.15) is 0 Å². The van der Waals surface area contributed by atoms with Gasteiger partial charge in [0, 0.05) is 47.3 Å². The first-order valence-electron chi connectivity index (χ1n) is 11.7. The number of hydrogen-bond acceptors (Lipinski definition) is 6. The molecule has 7 heteroatoms. The van der Waals surface area contributed by atoms with Crippen molar-refractivity contribution in [2.75, 3.05) is 20.7 Å². The molecule has 4 heterocycles. The first-order chi connectivity index (χ1) is 17.5. The molecule has 0 amide bonds. The fraction of sp³-hybridized carbons (Fsp3) is 0.172. The minimum Gasteiger partial charge on any atom is -0.468 e. The van der Waals surface area contributed by atoms with Gasteiger partial charge in [0.1, 0.15) is 5.65 Å². The smallest absolute Gasteiger partial charge is 0.319 e. The second kappa shape index (κ2) is 10.1. The van der Waals surface area contributed by atoms with Crippen LogP contribution in [0.2, 0.25) is 0 Å². The second-order valence-electron chi connectivity index (χ2n) is 8.87. The number of nitrogens with one attached hydrogen (secondary N) is 1.